The predicted octanol–water partition coefficient (Wildman–Crippen LogP) is 5.26. The molecule has 7 nitrogen and oxygen atoms in total. The summed E-state index contributed by atoms with van der Waals surface area (Å²) in [4.78, 5) is 37.9. The number of nitrogens with zero attached hydrogens (tertiary/aromatic N) is 1. The molecule has 2 N–H and O–H groups in total. The van der Waals surface area contributed by atoms with Gasteiger partial charge in [0, 0.05) is 23.9 Å². The zero-order valence-electron chi connectivity index (χ0n) is 20.3. The van der Waals surface area contributed by atoms with E-state index in [1.807, 2.05) is 0 Å². The molecule has 1 heterocycles. The summed E-state index contributed by atoms with van der Waals surface area (Å²) in [6.45, 7) is 1.73. The minimum Gasteiger partial charge on any atom is -0.495 e. The number of ether oxygens (including phenoxy) is 1. The lowest BCUT2D eigenvalue weighted by atomic mass is 9.99. The Morgan fingerprint density at radius 1 is 1.08 bits per heavy atom. The second-order valence-corrected chi connectivity index (χ2v) is 9.47. The van der Waals surface area contributed by atoms with Crippen molar-refractivity contribution in [1.29, 1.82) is 0 Å². The average Bonchev–Trinajstić information content (AvgIpc) is 2.86. The maximum absolute atomic E-state index is 13.2. The molecule has 1 amide bonds. The van der Waals surface area contributed by atoms with E-state index in [0.717, 1.165) is 0 Å². The van der Waals surface area contributed by atoms with Crippen molar-refractivity contribution in [3.8, 4) is 16.9 Å². The van der Waals surface area contributed by atoms with Crippen molar-refractivity contribution in [3.63, 3.8) is 0 Å². The molecule has 0 fully saturated rings. The number of pyridine rings is 1. The van der Waals surface area contributed by atoms with Gasteiger partial charge in [0.05, 0.1) is 28.8 Å². The number of nitrogens with one attached hydrogen (secondary N) is 1. The number of aromatic nitrogens is 1. The number of hydrogen-bond donors (Lipinski definition) is 2. The topological polar surface area (TPSA) is 97.6 Å². The number of rotatable bonds is 7. The fourth-order valence-corrected chi connectivity index (χ4v) is 4.83. The number of aryl methyl sites for hydroxylation is 2. The van der Waals surface area contributed by atoms with Crippen LogP contribution in [0.2, 0.25) is 10.0 Å². The van der Waals surface area contributed by atoms with Crippen LogP contribution in [0.1, 0.15) is 21.5 Å². The molecule has 4 aromatic rings. The average molecular weight is 539 g/mol. The molecule has 0 saturated carbocycles. The van der Waals surface area contributed by atoms with Gasteiger partial charge in [-0.2, -0.15) is 0 Å². The first-order valence-corrected chi connectivity index (χ1v) is 12.1. The standard InChI is InChI=1S/C28H24Cl2N2O5/c1-15-5-4-6-20(30)23(15)26(33)31-21(28(35)36)13-16-7-9-17(10-8-16)24-25(37-3)19-14-18(29)11-12-22(19)32(2)27(24)34/h4-12,14,21H,13H2,1-3H3,(H,31,33)(H,35,36)/t21-/m0/s1. The van der Waals surface area contributed by atoms with E-state index in [-0.39, 0.29) is 22.6 Å². The van der Waals surface area contributed by atoms with Gasteiger partial charge in [-0.25, -0.2) is 4.79 Å². The van der Waals surface area contributed by atoms with E-state index in [9.17, 15) is 19.5 Å². The number of carboxylic acids is 1. The number of carbonyl (C=O) groups excluding carboxylic acids is 1. The van der Waals surface area contributed by atoms with E-state index in [4.69, 9.17) is 27.9 Å². The normalized spacial score (nSPS) is 11.8. The van der Waals surface area contributed by atoms with Gasteiger partial charge < -0.3 is 19.7 Å². The highest BCUT2D eigenvalue weighted by atomic mass is 35.5. The van der Waals surface area contributed by atoms with Crippen molar-refractivity contribution >= 4 is 46.0 Å². The van der Waals surface area contributed by atoms with Crippen LogP contribution in [0.4, 0.5) is 0 Å². The largest absolute Gasteiger partial charge is 0.495 e. The smallest absolute Gasteiger partial charge is 0.326 e. The van der Waals surface area contributed by atoms with Crippen molar-refractivity contribution in [3.05, 3.63) is 97.8 Å². The first kappa shape index (κ1) is 26.3. The summed E-state index contributed by atoms with van der Waals surface area (Å²) in [7, 11) is 3.17. The van der Waals surface area contributed by atoms with Gasteiger partial charge >= 0.3 is 5.97 Å². The highest BCUT2D eigenvalue weighted by Gasteiger charge is 2.24. The van der Waals surface area contributed by atoms with Crippen LogP contribution < -0.4 is 15.6 Å². The summed E-state index contributed by atoms with van der Waals surface area (Å²) in [6.07, 6.45) is 0.0350. The third-order valence-electron chi connectivity index (χ3n) is 6.25. The third-order valence-corrected chi connectivity index (χ3v) is 6.80. The molecule has 0 aliphatic heterocycles. The fraction of sp³-hybridized carbons (Fsp3) is 0.179. The number of fused-ring (bicyclic) bond motifs is 1. The highest BCUT2D eigenvalue weighted by Crippen LogP contribution is 2.35. The minimum atomic E-state index is -1.18. The Kier molecular flexibility index (Phi) is 7.57. The SMILES string of the molecule is COc1c(-c2ccc(C[C@H](NC(=O)c3c(C)cccc3Cl)C(=O)O)cc2)c(=O)n(C)c2ccc(Cl)cc12. The molecule has 37 heavy (non-hydrogen) atoms. The first-order valence-electron chi connectivity index (χ1n) is 11.4. The van der Waals surface area contributed by atoms with Gasteiger partial charge in [0.15, 0.2) is 0 Å². The monoisotopic (exact) mass is 538 g/mol. The number of aliphatic carboxylic acids is 1. The van der Waals surface area contributed by atoms with Crippen LogP contribution in [0.25, 0.3) is 22.0 Å². The van der Waals surface area contributed by atoms with Crippen molar-refractivity contribution in [1.82, 2.24) is 9.88 Å². The van der Waals surface area contributed by atoms with Gasteiger partial charge in [-0.15, -0.1) is 0 Å². The lowest BCUT2D eigenvalue weighted by Crippen LogP contribution is -2.42. The van der Waals surface area contributed by atoms with Crippen LogP contribution in [-0.4, -0.2) is 34.7 Å². The summed E-state index contributed by atoms with van der Waals surface area (Å²) in [5.74, 6) is -1.33. The predicted molar refractivity (Wildman–Crippen MR) is 145 cm³/mol. The molecule has 0 aliphatic carbocycles. The van der Waals surface area contributed by atoms with E-state index >= 15 is 0 Å². The molecule has 9 heteroatoms. The Hall–Kier alpha value is -3.81. The summed E-state index contributed by atoms with van der Waals surface area (Å²) >= 11 is 12.4. The third kappa shape index (κ3) is 5.19. The van der Waals surface area contributed by atoms with Crippen LogP contribution >= 0.6 is 23.2 Å². The molecule has 3 aromatic carbocycles. The molecule has 190 valence electrons. The van der Waals surface area contributed by atoms with Crippen LogP contribution in [0, 0.1) is 6.92 Å². The summed E-state index contributed by atoms with van der Waals surface area (Å²) in [5, 5.41) is 13.8. The van der Waals surface area contributed by atoms with E-state index in [1.54, 1.807) is 74.6 Å². The van der Waals surface area contributed by atoms with E-state index in [0.29, 0.717) is 43.9 Å². The molecule has 0 aliphatic rings. The molecule has 0 saturated heterocycles. The zero-order chi connectivity index (χ0) is 26.9. The van der Waals surface area contributed by atoms with Crippen molar-refractivity contribution < 1.29 is 19.4 Å². The molecule has 0 radical (unpaired) electrons. The van der Waals surface area contributed by atoms with E-state index in [2.05, 4.69) is 5.32 Å². The number of hydrogen-bond acceptors (Lipinski definition) is 4. The maximum Gasteiger partial charge on any atom is 0.326 e. The number of carbonyl (C=O) groups is 2. The molecule has 4 rings (SSSR count). The van der Waals surface area contributed by atoms with Crippen molar-refractivity contribution in [2.75, 3.05) is 7.11 Å². The Bertz CT molecular complexity index is 1560. The van der Waals surface area contributed by atoms with Crippen LogP contribution in [-0.2, 0) is 18.3 Å². The number of amides is 1. The van der Waals surface area contributed by atoms with Crippen LogP contribution in [0.15, 0.2) is 65.5 Å². The second kappa shape index (κ2) is 10.7. The lowest BCUT2D eigenvalue weighted by Gasteiger charge is -2.17. The van der Waals surface area contributed by atoms with Gasteiger partial charge in [0.25, 0.3) is 11.5 Å². The Morgan fingerprint density at radius 3 is 2.41 bits per heavy atom. The molecule has 0 unspecified atom stereocenters. The zero-order valence-corrected chi connectivity index (χ0v) is 21.9. The maximum atomic E-state index is 13.2. The molecular formula is C28H24Cl2N2O5. The van der Waals surface area contributed by atoms with Crippen LogP contribution in [0.3, 0.4) is 0 Å². The van der Waals surface area contributed by atoms with Gasteiger partial charge in [-0.05, 0) is 47.9 Å². The summed E-state index contributed by atoms with van der Waals surface area (Å²) in [6, 6.07) is 16.0. The Morgan fingerprint density at radius 2 is 1.78 bits per heavy atom. The van der Waals surface area contributed by atoms with Gasteiger partial charge in [-0.1, -0.05) is 59.6 Å². The quantitative estimate of drug-likeness (QED) is 0.334. The number of methoxy groups -OCH3 is 1. The van der Waals surface area contributed by atoms with Gasteiger partial charge in [0.2, 0.25) is 0 Å². The fourth-order valence-electron chi connectivity index (χ4n) is 4.35. The van der Waals surface area contributed by atoms with E-state index < -0.39 is 17.9 Å². The van der Waals surface area contributed by atoms with Crippen LogP contribution in [0.5, 0.6) is 5.75 Å². The number of carboxylic acid groups (broad SMARTS) is 1. The number of halogens is 2. The highest BCUT2D eigenvalue weighted by molar-refractivity contribution is 6.34. The summed E-state index contributed by atoms with van der Waals surface area (Å²) < 4.78 is 7.16. The van der Waals surface area contributed by atoms with Crippen molar-refractivity contribution in [2.24, 2.45) is 7.05 Å². The molecule has 0 bridgehead atoms. The van der Waals surface area contributed by atoms with Crippen molar-refractivity contribution in [2.45, 2.75) is 19.4 Å². The van der Waals surface area contributed by atoms with Gasteiger partial charge in [-0.3, -0.25) is 9.59 Å². The molecular weight excluding hydrogens is 515 g/mol. The molecule has 0 spiro atoms. The van der Waals surface area contributed by atoms with Gasteiger partial charge in [0.1, 0.15) is 11.8 Å². The first-order chi connectivity index (χ1) is 17.6. The summed E-state index contributed by atoms with van der Waals surface area (Å²) in [5.41, 5.74) is 2.95. The number of benzene rings is 3. The molecule has 1 atom stereocenters. The Labute approximate surface area is 223 Å². The Balaban J connectivity index is 1.65. The molecule has 1 aromatic heterocycles. The minimum absolute atomic E-state index is 0.0350. The lowest BCUT2D eigenvalue weighted by molar-refractivity contribution is -0.139. The van der Waals surface area contributed by atoms with E-state index in [1.165, 1.54) is 11.7 Å². The second-order valence-electron chi connectivity index (χ2n) is 8.63.